The van der Waals surface area contributed by atoms with Crippen molar-refractivity contribution in [1.82, 2.24) is 30.0 Å². The molecule has 1 spiro atoms. The van der Waals surface area contributed by atoms with E-state index < -0.39 is 29.1 Å². The number of rotatable bonds is 24. The lowest BCUT2D eigenvalue weighted by Gasteiger charge is -2.48. The molecule has 1 unspecified atom stereocenters. The minimum atomic E-state index is -0.856. The first-order chi connectivity index (χ1) is 34.6. The van der Waals surface area contributed by atoms with E-state index in [1.54, 1.807) is 11.2 Å². The number of nitrogens with zero attached hydrogens (tertiary/aromatic N) is 8. The van der Waals surface area contributed by atoms with Gasteiger partial charge in [-0.1, -0.05) is 52.0 Å². The summed E-state index contributed by atoms with van der Waals surface area (Å²) in [6.07, 6.45) is 14.5. The molecule has 4 saturated heterocycles. The number of nitrogens with one attached hydrogen (secondary N) is 2. The average molecular weight is 998 g/mol. The van der Waals surface area contributed by atoms with Gasteiger partial charge in [-0.15, -0.1) is 0 Å². The number of carbonyl (C=O) groups excluding carboxylic acids is 5. The Bertz CT molecular complexity index is 2330. The van der Waals surface area contributed by atoms with Crippen molar-refractivity contribution >= 4 is 53.4 Å². The van der Waals surface area contributed by atoms with Gasteiger partial charge in [-0.05, 0) is 99.7 Å². The van der Waals surface area contributed by atoms with E-state index in [0.29, 0.717) is 83.6 Å². The van der Waals surface area contributed by atoms with Crippen LogP contribution in [0.25, 0.3) is 0 Å². The van der Waals surface area contributed by atoms with Gasteiger partial charge in [0.15, 0.2) is 0 Å². The van der Waals surface area contributed by atoms with Crippen molar-refractivity contribution in [3.63, 3.8) is 0 Å². The van der Waals surface area contributed by atoms with Crippen LogP contribution in [-0.4, -0.2) is 139 Å². The minimum Gasteiger partial charge on any atom is -0.370 e. The van der Waals surface area contributed by atoms with Crippen molar-refractivity contribution in [3.8, 4) is 0 Å². The molecule has 5 heterocycles. The van der Waals surface area contributed by atoms with Gasteiger partial charge in [0, 0.05) is 102 Å². The summed E-state index contributed by atoms with van der Waals surface area (Å²) in [7, 11) is 0. The Labute approximate surface area is 424 Å². The number of piperidine rings is 2. The number of nitrogens with two attached hydrogens (primary N) is 1. The molecular formula is C54H77F2N11O5. The Morgan fingerprint density at radius 1 is 0.833 bits per heavy atom. The Morgan fingerprint density at radius 2 is 1.54 bits per heavy atom. The Morgan fingerprint density at radius 3 is 2.24 bits per heavy atom. The summed E-state index contributed by atoms with van der Waals surface area (Å²) in [5.74, 6) is 0.0152. The van der Waals surface area contributed by atoms with Crippen LogP contribution in [0.3, 0.4) is 0 Å². The second-order valence-electron chi connectivity index (χ2n) is 21.3. The fourth-order valence-electron chi connectivity index (χ4n) is 10.7. The molecule has 4 aliphatic rings. The van der Waals surface area contributed by atoms with Gasteiger partial charge in [-0.3, -0.25) is 24.1 Å². The first kappa shape index (κ1) is 53.9. The molecule has 392 valence electrons. The molecule has 4 aliphatic heterocycles. The van der Waals surface area contributed by atoms with E-state index in [0.717, 1.165) is 112 Å². The van der Waals surface area contributed by atoms with E-state index in [4.69, 9.17) is 5.73 Å². The third kappa shape index (κ3) is 14.6. The molecule has 18 heteroatoms. The summed E-state index contributed by atoms with van der Waals surface area (Å²) in [5, 5.41) is 6.66. The lowest BCUT2D eigenvalue weighted by atomic mass is 9.82. The standard InChI is InChI=1S/C54H77F2N11O5/c1-40-14-15-43(30-41(40)35-67(39-69)46(52(57)72)12-11-29-68)63-25-27-65(28-26-63)51(71)13-9-7-5-4-6-8-10-20-58-48-33-49(60-38-59-48)64-23-18-54(19-24-64)37-66(36-50(70)61-54)47-32-44(55)42(31-45(47)56)34-62-21-16-53(2,3)17-22-62/h14-15,29-33,38-39,46H,4-13,16-28,34-37H2,1-3H3,(H2,57,72)(H,61,70)(H,58,59,60). The quantitative estimate of drug-likeness (QED) is 0.0672. The van der Waals surface area contributed by atoms with Crippen molar-refractivity contribution in [1.29, 1.82) is 0 Å². The first-order valence-corrected chi connectivity index (χ1v) is 26.3. The highest BCUT2D eigenvalue weighted by Crippen LogP contribution is 2.35. The maximum Gasteiger partial charge on any atom is 0.240 e. The second kappa shape index (κ2) is 25.2. The maximum absolute atomic E-state index is 15.7. The van der Waals surface area contributed by atoms with Gasteiger partial charge in [0.1, 0.15) is 41.9 Å². The Hall–Kier alpha value is -5.91. The zero-order valence-electron chi connectivity index (χ0n) is 42.8. The van der Waals surface area contributed by atoms with E-state index in [1.165, 1.54) is 17.0 Å². The summed E-state index contributed by atoms with van der Waals surface area (Å²) < 4.78 is 31.2. The molecule has 16 nitrogen and oxygen atoms in total. The number of benzene rings is 2. The number of piperazine rings is 2. The van der Waals surface area contributed by atoms with Crippen LogP contribution in [-0.2, 0) is 37.1 Å². The molecule has 4 amide bonds. The van der Waals surface area contributed by atoms with E-state index >= 15 is 8.78 Å². The van der Waals surface area contributed by atoms with Crippen molar-refractivity contribution in [3.05, 3.63) is 71.1 Å². The van der Waals surface area contributed by atoms with Crippen LogP contribution in [0.5, 0.6) is 0 Å². The molecule has 72 heavy (non-hydrogen) atoms. The van der Waals surface area contributed by atoms with Gasteiger partial charge in [0.25, 0.3) is 0 Å². The van der Waals surface area contributed by atoms with Crippen LogP contribution in [0.4, 0.5) is 31.8 Å². The number of anilines is 4. The fraction of sp³-hybridized carbons (Fsp3) is 0.611. The topological polar surface area (TPSA) is 181 Å². The third-order valence-electron chi connectivity index (χ3n) is 15.5. The number of amides is 4. The molecule has 1 aromatic heterocycles. The van der Waals surface area contributed by atoms with Crippen LogP contribution in [0.2, 0.25) is 0 Å². The predicted molar refractivity (Wildman–Crippen MR) is 277 cm³/mol. The summed E-state index contributed by atoms with van der Waals surface area (Å²) >= 11 is 0. The van der Waals surface area contributed by atoms with Crippen LogP contribution < -0.4 is 31.1 Å². The van der Waals surface area contributed by atoms with E-state index in [-0.39, 0.29) is 48.8 Å². The molecule has 7 rings (SSSR count). The number of unbranched alkanes of at least 4 members (excludes halogenated alkanes) is 6. The number of aryl methyl sites for hydroxylation is 1. The van der Waals surface area contributed by atoms with Crippen molar-refractivity contribution in [2.75, 3.05) is 92.0 Å². The number of likely N-dealkylation sites (tertiary alicyclic amines) is 1. The maximum atomic E-state index is 15.7. The summed E-state index contributed by atoms with van der Waals surface area (Å²) in [6.45, 7) is 13.9. The van der Waals surface area contributed by atoms with Crippen molar-refractivity contribution in [2.45, 2.75) is 135 Å². The molecule has 0 saturated carbocycles. The molecule has 0 radical (unpaired) electrons. The van der Waals surface area contributed by atoms with Crippen LogP contribution in [0.15, 0.2) is 42.7 Å². The molecule has 2 aromatic carbocycles. The number of hydrogen-bond donors (Lipinski definition) is 3. The lowest BCUT2D eigenvalue weighted by molar-refractivity contribution is -0.132. The van der Waals surface area contributed by atoms with Crippen LogP contribution in [0.1, 0.15) is 120 Å². The molecule has 4 N–H and O–H groups in total. The number of hydrogen-bond acceptors (Lipinski definition) is 12. The van der Waals surface area contributed by atoms with Crippen LogP contribution in [0, 0.1) is 24.0 Å². The SMILES string of the molecule is Cc1ccc(N2CCN(C(=O)CCCCCCCCCNc3cc(N4CCC5(CC4)CN(c4cc(F)c(CN6CCC(C)(C)CC6)cc4F)CC(=O)N5)ncn3)CC2)cc1CN(C=O)C(CCC=O)C(N)=O. The van der Waals surface area contributed by atoms with E-state index in [2.05, 4.69) is 49.1 Å². The monoisotopic (exact) mass is 998 g/mol. The number of primary amides is 1. The van der Waals surface area contributed by atoms with Gasteiger partial charge >= 0.3 is 0 Å². The Balaban J connectivity index is 0.754. The molecule has 4 fully saturated rings. The van der Waals surface area contributed by atoms with Gasteiger partial charge in [0.05, 0.1) is 17.8 Å². The highest BCUT2D eigenvalue weighted by Gasteiger charge is 2.42. The number of halogens is 2. The Kier molecular flexibility index (Phi) is 18.8. The molecule has 1 atom stereocenters. The molecule has 0 bridgehead atoms. The highest BCUT2D eigenvalue weighted by atomic mass is 19.1. The normalized spacial score (nSPS) is 18.4. The summed E-state index contributed by atoms with van der Waals surface area (Å²) in [5.41, 5.74) is 8.64. The predicted octanol–water partition coefficient (Wildman–Crippen LogP) is 6.33. The highest BCUT2D eigenvalue weighted by molar-refractivity contribution is 5.84. The lowest BCUT2D eigenvalue weighted by Crippen LogP contribution is -2.66. The van der Waals surface area contributed by atoms with Gasteiger partial charge in [0.2, 0.25) is 24.1 Å². The molecular weight excluding hydrogens is 921 g/mol. The first-order valence-electron chi connectivity index (χ1n) is 26.3. The average Bonchev–Trinajstić information content (AvgIpc) is 3.36. The number of aldehydes is 1. The van der Waals surface area contributed by atoms with E-state index in [1.807, 2.05) is 36.1 Å². The smallest absolute Gasteiger partial charge is 0.240 e. The van der Waals surface area contributed by atoms with Crippen LogP contribution >= 0.6 is 0 Å². The third-order valence-corrected chi connectivity index (χ3v) is 15.5. The van der Waals surface area contributed by atoms with Gasteiger partial charge in [-0.2, -0.15) is 0 Å². The summed E-state index contributed by atoms with van der Waals surface area (Å²) in [4.78, 5) is 81.7. The fourth-order valence-corrected chi connectivity index (χ4v) is 10.7. The largest absolute Gasteiger partial charge is 0.370 e. The number of aromatic nitrogens is 2. The zero-order valence-corrected chi connectivity index (χ0v) is 42.8. The second-order valence-corrected chi connectivity index (χ2v) is 21.3. The summed E-state index contributed by atoms with van der Waals surface area (Å²) in [6, 6.07) is 9.77. The van der Waals surface area contributed by atoms with Gasteiger partial charge in [-0.25, -0.2) is 18.7 Å². The molecule has 3 aromatic rings. The van der Waals surface area contributed by atoms with Crippen molar-refractivity contribution in [2.24, 2.45) is 11.1 Å². The zero-order chi connectivity index (χ0) is 51.3. The van der Waals surface area contributed by atoms with E-state index in [9.17, 15) is 24.0 Å². The van der Waals surface area contributed by atoms with Crippen molar-refractivity contribution < 1.29 is 32.8 Å². The molecule has 0 aliphatic carbocycles. The van der Waals surface area contributed by atoms with Gasteiger partial charge < -0.3 is 45.7 Å². The number of carbonyl (C=O) groups is 5. The minimum absolute atomic E-state index is 0.0183.